The van der Waals surface area contributed by atoms with Gasteiger partial charge in [-0.05, 0) is 38.6 Å². The average molecular weight is 281 g/mol. The fourth-order valence-electron chi connectivity index (χ4n) is 2.08. The summed E-state index contributed by atoms with van der Waals surface area (Å²) in [4.78, 5) is 4.28. The highest BCUT2D eigenvalue weighted by molar-refractivity contribution is 5.54. The molecule has 108 valence electrons. The number of aromatic nitrogens is 2. The van der Waals surface area contributed by atoms with E-state index in [9.17, 15) is 8.78 Å². The van der Waals surface area contributed by atoms with Crippen LogP contribution in [0.25, 0.3) is 11.4 Å². The molecule has 0 radical (unpaired) electrons. The van der Waals surface area contributed by atoms with Gasteiger partial charge < -0.3 is 9.84 Å². The maximum atomic E-state index is 13.2. The van der Waals surface area contributed by atoms with E-state index in [-0.39, 0.29) is 17.8 Å². The van der Waals surface area contributed by atoms with Gasteiger partial charge in [0.2, 0.25) is 11.7 Å². The molecule has 2 aromatic rings. The van der Waals surface area contributed by atoms with E-state index in [1.165, 1.54) is 6.07 Å². The largest absolute Gasteiger partial charge is 0.339 e. The lowest BCUT2D eigenvalue weighted by Crippen LogP contribution is -2.28. The Bertz CT molecular complexity index is 586. The van der Waals surface area contributed by atoms with Crippen molar-refractivity contribution >= 4 is 0 Å². The molecule has 4 nitrogen and oxygen atoms in total. The molecule has 0 aliphatic carbocycles. The summed E-state index contributed by atoms with van der Waals surface area (Å²) in [5, 5.41) is 6.98. The van der Waals surface area contributed by atoms with Gasteiger partial charge in [0, 0.05) is 11.6 Å². The molecule has 0 saturated heterocycles. The molecule has 0 fully saturated rings. The first-order valence-corrected chi connectivity index (χ1v) is 6.53. The number of nitrogens with one attached hydrogen (secondary N) is 1. The van der Waals surface area contributed by atoms with Crippen LogP contribution in [-0.2, 0) is 0 Å². The highest BCUT2D eigenvalue weighted by atomic mass is 19.2. The van der Waals surface area contributed by atoms with Crippen molar-refractivity contribution in [1.82, 2.24) is 15.5 Å². The van der Waals surface area contributed by atoms with Gasteiger partial charge in [-0.2, -0.15) is 4.98 Å². The summed E-state index contributed by atoms with van der Waals surface area (Å²) in [6.07, 6.45) is 0.835. The minimum atomic E-state index is -0.926. The average Bonchev–Trinajstić information content (AvgIpc) is 2.92. The standard InChI is InChI=1S/C14H17F2N3O/c1-4-10(8(2)17-3)14-18-13(19-20-14)9-5-6-11(15)12(16)7-9/h5-8,10,17H,4H2,1-3H3. The number of benzene rings is 1. The molecule has 1 aromatic carbocycles. The van der Waals surface area contributed by atoms with Crippen molar-refractivity contribution in [3.8, 4) is 11.4 Å². The third-order valence-corrected chi connectivity index (χ3v) is 3.44. The highest BCUT2D eigenvalue weighted by Gasteiger charge is 2.23. The van der Waals surface area contributed by atoms with E-state index in [0.29, 0.717) is 11.5 Å². The Kier molecular flexibility index (Phi) is 4.44. The number of nitrogens with zero attached hydrogens (tertiary/aromatic N) is 2. The molecule has 0 bridgehead atoms. The molecule has 6 heteroatoms. The minimum absolute atomic E-state index is 0.0755. The van der Waals surface area contributed by atoms with E-state index in [4.69, 9.17) is 4.52 Å². The maximum Gasteiger partial charge on any atom is 0.231 e. The number of halogens is 2. The lowest BCUT2D eigenvalue weighted by atomic mass is 9.98. The minimum Gasteiger partial charge on any atom is -0.339 e. The topological polar surface area (TPSA) is 51.0 Å². The van der Waals surface area contributed by atoms with Gasteiger partial charge in [-0.1, -0.05) is 12.1 Å². The van der Waals surface area contributed by atoms with Crippen molar-refractivity contribution in [3.05, 3.63) is 35.7 Å². The number of hydrogen-bond donors (Lipinski definition) is 1. The van der Waals surface area contributed by atoms with Crippen LogP contribution in [0, 0.1) is 11.6 Å². The van der Waals surface area contributed by atoms with Crippen molar-refractivity contribution in [1.29, 1.82) is 0 Å². The smallest absolute Gasteiger partial charge is 0.231 e. The Morgan fingerprint density at radius 2 is 2.05 bits per heavy atom. The van der Waals surface area contributed by atoms with Gasteiger partial charge in [0.05, 0.1) is 5.92 Å². The fourth-order valence-corrected chi connectivity index (χ4v) is 2.08. The summed E-state index contributed by atoms with van der Waals surface area (Å²) in [6, 6.07) is 3.72. The molecule has 0 saturated carbocycles. The number of hydrogen-bond acceptors (Lipinski definition) is 4. The zero-order valence-corrected chi connectivity index (χ0v) is 11.7. The van der Waals surface area contributed by atoms with E-state index >= 15 is 0 Å². The zero-order valence-electron chi connectivity index (χ0n) is 11.7. The second kappa shape index (κ2) is 6.09. The van der Waals surface area contributed by atoms with Crippen LogP contribution < -0.4 is 5.32 Å². The van der Waals surface area contributed by atoms with Crippen LogP contribution in [-0.4, -0.2) is 23.2 Å². The first-order valence-electron chi connectivity index (χ1n) is 6.53. The zero-order chi connectivity index (χ0) is 14.7. The quantitative estimate of drug-likeness (QED) is 0.915. The lowest BCUT2D eigenvalue weighted by Gasteiger charge is -2.17. The third-order valence-electron chi connectivity index (χ3n) is 3.44. The van der Waals surface area contributed by atoms with Gasteiger partial charge in [-0.25, -0.2) is 8.78 Å². The lowest BCUT2D eigenvalue weighted by molar-refractivity contribution is 0.322. The van der Waals surface area contributed by atoms with E-state index in [1.54, 1.807) is 0 Å². The second-order valence-electron chi connectivity index (χ2n) is 4.68. The van der Waals surface area contributed by atoms with Gasteiger partial charge in [0.25, 0.3) is 0 Å². The van der Waals surface area contributed by atoms with E-state index in [1.807, 2.05) is 20.9 Å². The normalized spacial score (nSPS) is 14.2. The Morgan fingerprint density at radius 3 is 2.65 bits per heavy atom. The van der Waals surface area contributed by atoms with Gasteiger partial charge >= 0.3 is 0 Å². The first-order chi connectivity index (χ1) is 9.56. The highest BCUT2D eigenvalue weighted by Crippen LogP contribution is 2.25. The van der Waals surface area contributed by atoms with Crippen molar-refractivity contribution in [3.63, 3.8) is 0 Å². The van der Waals surface area contributed by atoms with E-state index in [2.05, 4.69) is 15.5 Å². The Labute approximate surface area is 116 Å². The Balaban J connectivity index is 2.30. The molecule has 2 rings (SSSR count). The molecule has 0 aliphatic heterocycles. The van der Waals surface area contributed by atoms with Crippen LogP contribution in [0.2, 0.25) is 0 Å². The van der Waals surface area contributed by atoms with Crippen LogP contribution in [0.1, 0.15) is 32.1 Å². The Morgan fingerprint density at radius 1 is 1.30 bits per heavy atom. The summed E-state index contributed by atoms with van der Waals surface area (Å²) in [5.74, 6) is -0.988. The molecule has 1 N–H and O–H groups in total. The fraction of sp³-hybridized carbons (Fsp3) is 0.429. The molecule has 2 atom stereocenters. The van der Waals surface area contributed by atoms with E-state index < -0.39 is 11.6 Å². The van der Waals surface area contributed by atoms with E-state index in [0.717, 1.165) is 18.6 Å². The van der Waals surface area contributed by atoms with Crippen LogP contribution in [0.5, 0.6) is 0 Å². The van der Waals surface area contributed by atoms with Crippen molar-refractivity contribution in [2.45, 2.75) is 32.2 Å². The molecule has 2 unspecified atom stereocenters. The Hall–Kier alpha value is -1.82. The van der Waals surface area contributed by atoms with Crippen molar-refractivity contribution < 1.29 is 13.3 Å². The predicted octanol–water partition coefficient (Wildman–Crippen LogP) is 3.12. The summed E-state index contributed by atoms with van der Waals surface area (Å²) in [7, 11) is 1.86. The van der Waals surface area contributed by atoms with Crippen LogP contribution in [0.3, 0.4) is 0 Å². The summed E-state index contributed by atoms with van der Waals surface area (Å²) in [5.41, 5.74) is 0.394. The number of rotatable bonds is 5. The molecule has 1 heterocycles. The molecule has 0 aliphatic rings. The molecular formula is C14H17F2N3O. The molecular weight excluding hydrogens is 264 g/mol. The number of likely N-dealkylation sites (N-methyl/N-ethyl adjacent to an activating group) is 1. The van der Waals surface area contributed by atoms with Crippen LogP contribution >= 0.6 is 0 Å². The van der Waals surface area contributed by atoms with Crippen molar-refractivity contribution in [2.24, 2.45) is 0 Å². The van der Waals surface area contributed by atoms with Gasteiger partial charge in [-0.3, -0.25) is 0 Å². The van der Waals surface area contributed by atoms with Gasteiger partial charge in [-0.15, -0.1) is 0 Å². The SMILES string of the molecule is CCC(c1nc(-c2ccc(F)c(F)c2)no1)C(C)NC. The van der Waals surface area contributed by atoms with Crippen molar-refractivity contribution in [2.75, 3.05) is 7.05 Å². The predicted molar refractivity (Wildman–Crippen MR) is 71.2 cm³/mol. The molecule has 0 spiro atoms. The van der Waals surface area contributed by atoms with Gasteiger partial charge in [0.1, 0.15) is 0 Å². The summed E-state index contributed by atoms with van der Waals surface area (Å²) >= 11 is 0. The van der Waals surface area contributed by atoms with Crippen LogP contribution in [0.4, 0.5) is 8.78 Å². The maximum absolute atomic E-state index is 13.2. The third kappa shape index (κ3) is 2.85. The first kappa shape index (κ1) is 14.6. The summed E-state index contributed by atoms with van der Waals surface area (Å²) < 4.78 is 31.4. The second-order valence-corrected chi connectivity index (χ2v) is 4.68. The van der Waals surface area contributed by atoms with Crippen LogP contribution in [0.15, 0.2) is 22.7 Å². The monoisotopic (exact) mass is 281 g/mol. The molecule has 20 heavy (non-hydrogen) atoms. The molecule has 0 amide bonds. The summed E-state index contributed by atoms with van der Waals surface area (Å²) in [6.45, 7) is 4.05. The van der Waals surface area contributed by atoms with Gasteiger partial charge in [0.15, 0.2) is 11.6 Å². The molecule has 1 aromatic heterocycles.